The molecule has 2 aromatic carbocycles. The van der Waals surface area contributed by atoms with Crippen molar-refractivity contribution in [2.24, 2.45) is 0 Å². The normalized spacial score (nSPS) is 19.9. The molecule has 0 radical (unpaired) electrons. The standard InChI is InChI=1S/C19H18O4S/c1-13-12-17(19(20)23-13)18(14-6-4-3-5-7-14)15-8-10-16(11-9-15)24(2,21)22/h3-11,13H,12H2,1-2H3/b18-17-. The van der Waals surface area contributed by atoms with Crippen LogP contribution in [0.3, 0.4) is 0 Å². The second-order valence-corrected chi connectivity index (χ2v) is 7.95. The van der Waals surface area contributed by atoms with Crippen LogP contribution in [0.4, 0.5) is 0 Å². The molecule has 1 aliphatic rings. The number of rotatable bonds is 3. The van der Waals surface area contributed by atoms with E-state index >= 15 is 0 Å². The van der Waals surface area contributed by atoms with E-state index in [4.69, 9.17) is 4.74 Å². The molecule has 2 aromatic rings. The fraction of sp³-hybridized carbons (Fsp3) is 0.211. The van der Waals surface area contributed by atoms with Gasteiger partial charge in [-0.1, -0.05) is 42.5 Å². The highest BCUT2D eigenvalue weighted by Gasteiger charge is 2.29. The molecule has 124 valence electrons. The van der Waals surface area contributed by atoms with Crippen LogP contribution in [-0.4, -0.2) is 26.7 Å². The van der Waals surface area contributed by atoms with Gasteiger partial charge in [0.2, 0.25) is 0 Å². The first-order chi connectivity index (χ1) is 11.4. The third-order valence-electron chi connectivity index (χ3n) is 3.98. The molecule has 1 atom stereocenters. The van der Waals surface area contributed by atoms with Crippen LogP contribution in [0.15, 0.2) is 65.1 Å². The zero-order chi connectivity index (χ0) is 17.3. The van der Waals surface area contributed by atoms with Crippen molar-refractivity contribution in [2.45, 2.75) is 24.3 Å². The van der Waals surface area contributed by atoms with Gasteiger partial charge in [0.1, 0.15) is 6.10 Å². The highest BCUT2D eigenvalue weighted by Crippen LogP contribution is 2.34. The molecule has 1 saturated heterocycles. The van der Waals surface area contributed by atoms with Crippen molar-refractivity contribution < 1.29 is 17.9 Å². The largest absolute Gasteiger partial charge is 0.459 e. The van der Waals surface area contributed by atoms with Crippen LogP contribution in [0.1, 0.15) is 24.5 Å². The van der Waals surface area contributed by atoms with Crippen molar-refractivity contribution in [3.05, 3.63) is 71.3 Å². The molecule has 4 nitrogen and oxygen atoms in total. The number of benzene rings is 2. The number of hydrogen-bond acceptors (Lipinski definition) is 4. The lowest BCUT2D eigenvalue weighted by molar-refractivity contribution is -0.138. The minimum atomic E-state index is -3.26. The van der Waals surface area contributed by atoms with Crippen LogP contribution in [0.5, 0.6) is 0 Å². The Morgan fingerprint density at radius 1 is 1.00 bits per heavy atom. The summed E-state index contributed by atoms with van der Waals surface area (Å²) in [5, 5.41) is 0. The Kier molecular flexibility index (Phi) is 4.28. The van der Waals surface area contributed by atoms with Gasteiger partial charge in [-0.05, 0) is 35.8 Å². The van der Waals surface area contributed by atoms with Gasteiger partial charge >= 0.3 is 5.97 Å². The molecule has 1 unspecified atom stereocenters. The van der Waals surface area contributed by atoms with E-state index in [2.05, 4.69) is 0 Å². The van der Waals surface area contributed by atoms with Crippen molar-refractivity contribution in [3.8, 4) is 0 Å². The Morgan fingerprint density at radius 2 is 1.58 bits per heavy atom. The molecule has 5 heteroatoms. The minimum Gasteiger partial charge on any atom is -0.459 e. The third-order valence-corrected chi connectivity index (χ3v) is 5.11. The maximum atomic E-state index is 12.2. The second-order valence-electron chi connectivity index (χ2n) is 5.94. The summed E-state index contributed by atoms with van der Waals surface area (Å²) >= 11 is 0. The van der Waals surface area contributed by atoms with E-state index in [0.717, 1.165) is 16.7 Å². The molecule has 0 N–H and O–H groups in total. The molecule has 1 fully saturated rings. The van der Waals surface area contributed by atoms with Crippen LogP contribution in [0.25, 0.3) is 5.57 Å². The molecule has 0 spiro atoms. The smallest absolute Gasteiger partial charge is 0.335 e. The Bertz CT molecular complexity index is 894. The van der Waals surface area contributed by atoms with Crippen molar-refractivity contribution in [1.29, 1.82) is 0 Å². The molecule has 0 aromatic heterocycles. The first-order valence-corrected chi connectivity index (χ1v) is 9.55. The van der Waals surface area contributed by atoms with Gasteiger partial charge in [0.05, 0.1) is 4.90 Å². The highest BCUT2D eigenvalue weighted by molar-refractivity contribution is 7.90. The zero-order valence-electron chi connectivity index (χ0n) is 13.5. The molecule has 0 bridgehead atoms. The van der Waals surface area contributed by atoms with E-state index in [1.807, 2.05) is 37.3 Å². The highest BCUT2D eigenvalue weighted by atomic mass is 32.2. The van der Waals surface area contributed by atoms with Gasteiger partial charge in [-0.25, -0.2) is 13.2 Å². The number of carbonyl (C=O) groups is 1. The van der Waals surface area contributed by atoms with Gasteiger partial charge in [-0.2, -0.15) is 0 Å². The quantitative estimate of drug-likeness (QED) is 0.635. The summed E-state index contributed by atoms with van der Waals surface area (Å²) in [5.74, 6) is -0.312. The summed E-state index contributed by atoms with van der Waals surface area (Å²) in [6.07, 6.45) is 1.56. The van der Waals surface area contributed by atoms with Gasteiger partial charge in [0, 0.05) is 18.2 Å². The molecule has 3 rings (SSSR count). The summed E-state index contributed by atoms with van der Waals surface area (Å²) in [4.78, 5) is 12.5. The van der Waals surface area contributed by atoms with E-state index < -0.39 is 9.84 Å². The fourth-order valence-corrected chi connectivity index (χ4v) is 3.49. The fourth-order valence-electron chi connectivity index (χ4n) is 2.86. The van der Waals surface area contributed by atoms with E-state index in [1.54, 1.807) is 24.3 Å². The van der Waals surface area contributed by atoms with Crippen LogP contribution in [0.2, 0.25) is 0 Å². The molecule has 1 heterocycles. The zero-order valence-corrected chi connectivity index (χ0v) is 14.3. The minimum absolute atomic E-state index is 0.151. The van der Waals surface area contributed by atoms with Gasteiger partial charge in [-0.15, -0.1) is 0 Å². The molecule has 1 aliphatic heterocycles. The molecule has 24 heavy (non-hydrogen) atoms. The second kappa shape index (κ2) is 6.24. The Balaban J connectivity index is 2.17. The topological polar surface area (TPSA) is 60.4 Å². The first-order valence-electron chi connectivity index (χ1n) is 7.66. The van der Waals surface area contributed by atoms with E-state index in [1.165, 1.54) is 6.26 Å². The molecule has 0 saturated carbocycles. The van der Waals surface area contributed by atoms with Crippen LogP contribution < -0.4 is 0 Å². The number of hydrogen-bond donors (Lipinski definition) is 0. The Hall–Kier alpha value is -2.40. The number of cyclic esters (lactones) is 1. The lowest BCUT2D eigenvalue weighted by Crippen LogP contribution is -2.02. The summed E-state index contributed by atoms with van der Waals surface area (Å²) in [7, 11) is -3.26. The summed E-state index contributed by atoms with van der Waals surface area (Å²) in [6, 6.07) is 16.2. The Morgan fingerprint density at radius 3 is 2.08 bits per heavy atom. The number of esters is 1. The number of sulfone groups is 1. The number of ether oxygens (including phenoxy) is 1. The SMILES string of the molecule is CC1C/C(=C(\c2ccccc2)c2ccc(S(C)(=O)=O)cc2)C(=O)O1. The van der Waals surface area contributed by atoms with Gasteiger partial charge in [0.25, 0.3) is 0 Å². The van der Waals surface area contributed by atoms with Gasteiger partial charge < -0.3 is 4.74 Å². The van der Waals surface area contributed by atoms with E-state index in [9.17, 15) is 13.2 Å². The monoisotopic (exact) mass is 342 g/mol. The maximum Gasteiger partial charge on any atom is 0.335 e. The van der Waals surface area contributed by atoms with Crippen molar-refractivity contribution >= 4 is 21.4 Å². The molecule has 0 aliphatic carbocycles. The maximum absolute atomic E-state index is 12.2. The average Bonchev–Trinajstić information content (AvgIpc) is 2.87. The Labute approximate surface area is 141 Å². The average molecular weight is 342 g/mol. The van der Waals surface area contributed by atoms with Crippen molar-refractivity contribution in [2.75, 3.05) is 6.26 Å². The lowest BCUT2D eigenvalue weighted by Gasteiger charge is -2.11. The third kappa shape index (κ3) is 3.26. The van der Waals surface area contributed by atoms with Gasteiger partial charge in [-0.3, -0.25) is 0 Å². The van der Waals surface area contributed by atoms with E-state index in [0.29, 0.717) is 12.0 Å². The summed E-state index contributed by atoms with van der Waals surface area (Å²) in [6.45, 7) is 1.86. The number of carbonyl (C=O) groups excluding carboxylic acids is 1. The lowest BCUT2D eigenvalue weighted by atomic mass is 9.91. The van der Waals surface area contributed by atoms with E-state index in [-0.39, 0.29) is 17.0 Å². The van der Waals surface area contributed by atoms with Crippen LogP contribution in [0, 0.1) is 0 Å². The molecule has 0 amide bonds. The summed E-state index contributed by atoms with van der Waals surface area (Å²) < 4.78 is 28.6. The first kappa shape index (κ1) is 16.5. The molecular formula is C19H18O4S. The molecular weight excluding hydrogens is 324 g/mol. The van der Waals surface area contributed by atoms with Crippen molar-refractivity contribution in [1.82, 2.24) is 0 Å². The predicted molar refractivity (Wildman–Crippen MR) is 92.2 cm³/mol. The van der Waals surface area contributed by atoms with Crippen molar-refractivity contribution in [3.63, 3.8) is 0 Å². The predicted octanol–water partition coefficient (Wildman–Crippen LogP) is 3.23. The summed E-state index contributed by atoms with van der Waals surface area (Å²) in [5.41, 5.74) is 3.13. The van der Waals surface area contributed by atoms with Gasteiger partial charge in [0.15, 0.2) is 9.84 Å². The van der Waals surface area contributed by atoms with Crippen LogP contribution >= 0.6 is 0 Å². The van der Waals surface area contributed by atoms with Crippen LogP contribution in [-0.2, 0) is 19.4 Å².